The van der Waals surface area contributed by atoms with Gasteiger partial charge in [-0.1, -0.05) is 37.3 Å². The maximum atomic E-state index is 11.6. The maximum absolute atomic E-state index is 11.6. The van der Waals surface area contributed by atoms with Gasteiger partial charge >= 0.3 is 5.97 Å². The Balaban J connectivity index is 2.41. The van der Waals surface area contributed by atoms with E-state index in [-0.39, 0.29) is 11.8 Å². The van der Waals surface area contributed by atoms with Crippen molar-refractivity contribution in [2.24, 2.45) is 0 Å². The second kappa shape index (κ2) is 6.62. The maximum Gasteiger partial charge on any atom is 0.327 e. The van der Waals surface area contributed by atoms with Crippen LogP contribution in [0.1, 0.15) is 12.5 Å². The molecule has 0 aliphatic carbocycles. The van der Waals surface area contributed by atoms with Crippen LogP contribution >= 0.6 is 9.24 Å². The second-order valence-electron chi connectivity index (χ2n) is 3.61. The van der Waals surface area contributed by atoms with Crippen molar-refractivity contribution >= 4 is 15.2 Å². The predicted molar refractivity (Wildman–Crippen MR) is 68.0 cm³/mol. The zero-order valence-corrected chi connectivity index (χ0v) is 10.9. The predicted octanol–water partition coefficient (Wildman–Crippen LogP) is 1.88. The molecule has 0 fully saturated rings. The van der Waals surface area contributed by atoms with Crippen LogP contribution in [0.3, 0.4) is 0 Å². The Labute approximate surface area is 99.0 Å². The molecule has 0 saturated heterocycles. The zero-order chi connectivity index (χ0) is 12.0. The molecular weight excluding hydrogens is 221 g/mol. The highest BCUT2D eigenvalue weighted by Gasteiger charge is 2.18. The van der Waals surface area contributed by atoms with Crippen LogP contribution in [0.2, 0.25) is 0 Å². The Morgan fingerprint density at radius 3 is 2.62 bits per heavy atom. The smallest absolute Gasteiger partial charge is 0.327 e. The topological polar surface area (TPSA) is 29.5 Å². The molecule has 0 aliphatic rings. The zero-order valence-electron chi connectivity index (χ0n) is 9.72. The molecule has 88 valence electrons. The molecular formula is C12H18NO2P. The molecule has 1 rings (SSSR count). The van der Waals surface area contributed by atoms with Crippen LogP contribution in [0.15, 0.2) is 30.3 Å². The van der Waals surface area contributed by atoms with Gasteiger partial charge in [0.15, 0.2) is 0 Å². The fourth-order valence-corrected chi connectivity index (χ4v) is 1.50. The number of ether oxygens (including phenoxy) is 1. The summed E-state index contributed by atoms with van der Waals surface area (Å²) in [5.41, 5.74) is 1.01. The lowest BCUT2D eigenvalue weighted by molar-refractivity contribution is -0.147. The molecule has 3 nitrogen and oxygen atoms in total. The number of carbonyl (C=O) groups is 1. The molecule has 1 aromatic carbocycles. The van der Waals surface area contributed by atoms with Crippen LogP contribution in [0.25, 0.3) is 0 Å². The fourth-order valence-electron chi connectivity index (χ4n) is 1.19. The SMILES string of the molecule is CCN(C)C(P)C(=O)OCc1ccccc1. The first-order chi connectivity index (χ1) is 7.65. The van der Waals surface area contributed by atoms with Gasteiger partial charge in [-0.05, 0) is 19.2 Å². The average Bonchev–Trinajstić information content (AvgIpc) is 2.35. The summed E-state index contributed by atoms with van der Waals surface area (Å²) in [6, 6.07) is 9.68. The number of carbonyl (C=O) groups excluding carboxylic acids is 1. The Kier molecular flexibility index (Phi) is 5.44. The third-order valence-electron chi connectivity index (χ3n) is 2.44. The van der Waals surface area contributed by atoms with Crippen molar-refractivity contribution in [3.63, 3.8) is 0 Å². The van der Waals surface area contributed by atoms with Gasteiger partial charge in [-0.25, -0.2) is 4.79 Å². The highest BCUT2D eigenvalue weighted by atomic mass is 31.0. The number of rotatable bonds is 5. The molecule has 0 radical (unpaired) electrons. The number of hydrogen-bond acceptors (Lipinski definition) is 3. The fraction of sp³-hybridized carbons (Fsp3) is 0.417. The lowest BCUT2D eigenvalue weighted by atomic mass is 10.2. The third kappa shape index (κ3) is 3.92. The average molecular weight is 239 g/mol. The van der Waals surface area contributed by atoms with Gasteiger partial charge in [-0.2, -0.15) is 0 Å². The van der Waals surface area contributed by atoms with E-state index in [0.29, 0.717) is 6.61 Å². The van der Waals surface area contributed by atoms with E-state index in [1.165, 1.54) is 0 Å². The van der Waals surface area contributed by atoms with Gasteiger partial charge in [0.25, 0.3) is 0 Å². The monoisotopic (exact) mass is 239 g/mol. The van der Waals surface area contributed by atoms with Crippen molar-refractivity contribution in [1.82, 2.24) is 4.90 Å². The summed E-state index contributed by atoms with van der Waals surface area (Å²) in [5, 5.41) is 0. The minimum absolute atomic E-state index is 0.210. The summed E-state index contributed by atoms with van der Waals surface area (Å²) >= 11 is 0. The van der Waals surface area contributed by atoms with E-state index >= 15 is 0 Å². The number of benzene rings is 1. The van der Waals surface area contributed by atoms with Crippen LogP contribution in [0.5, 0.6) is 0 Å². The summed E-state index contributed by atoms with van der Waals surface area (Å²) in [7, 11) is 4.39. The number of esters is 1. The Morgan fingerprint density at radius 1 is 1.44 bits per heavy atom. The van der Waals surface area contributed by atoms with Gasteiger partial charge in [0.05, 0.1) is 0 Å². The molecule has 0 N–H and O–H groups in total. The summed E-state index contributed by atoms with van der Waals surface area (Å²) in [6.45, 7) is 3.15. The highest BCUT2D eigenvalue weighted by Crippen LogP contribution is 2.09. The van der Waals surface area contributed by atoms with E-state index in [4.69, 9.17) is 4.74 Å². The minimum Gasteiger partial charge on any atom is -0.459 e. The Bertz CT molecular complexity index is 329. The van der Waals surface area contributed by atoms with Crippen LogP contribution in [0.4, 0.5) is 0 Å². The van der Waals surface area contributed by atoms with E-state index < -0.39 is 0 Å². The standard InChI is InChI=1S/C12H18NO2P/c1-3-13(2)11(16)12(14)15-9-10-7-5-4-6-8-10/h4-8,11H,3,9,16H2,1-2H3. The van der Waals surface area contributed by atoms with Gasteiger partial charge in [-0.3, -0.25) is 4.90 Å². The normalized spacial score (nSPS) is 12.5. The van der Waals surface area contributed by atoms with Crippen molar-refractivity contribution in [2.45, 2.75) is 19.3 Å². The van der Waals surface area contributed by atoms with Crippen molar-refractivity contribution in [1.29, 1.82) is 0 Å². The lowest BCUT2D eigenvalue weighted by Gasteiger charge is -2.20. The largest absolute Gasteiger partial charge is 0.459 e. The molecule has 0 aliphatic heterocycles. The lowest BCUT2D eigenvalue weighted by Crippen LogP contribution is -2.34. The first-order valence-corrected chi connectivity index (χ1v) is 5.98. The molecule has 0 bridgehead atoms. The van der Waals surface area contributed by atoms with Crippen molar-refractivity contribution in [3.05, 3.63) is 35.9 Å². The molecule has 0 heterocycles. The van der Waals surface area contributed by atoms with Gasteiger partial charge < -0.3 is 4.74 Å². The molecule has 0 aromatic heterocycles. The van der Waals surface area contributed by atoms with Gasteiger partial charge in [-0.15, -0.1) is 9.24 Å². The molecule has 1 aromatic rings. The molecule has 0 saturated carbocycles. The van der Waals surface area contributed by atoms with Crippen molar-refractivity contribution < 1.29 is 9.53 Å². The van der Waals surface area contributed by atoms with E-state index in [0.717, 1.165) is 12.1 Å². The quantitative estimate of drug-likeness (QED) is 0.580. The van der Waals surface area contributed by atoms with E-state index in [9.17, 15) is 4.79 Å². The summed E-state index contributed by atoms with van der Waals surface area (Å²) in [5.74, 6) is -0.480. The molecule has 2 atom stereocenters. The molecule has 0 amide bonds. The number of nitrogens with zero attached hydrogens (tertiary/aromatic N) is 1. The van der Waals surface area contributed by atoms with Gasteiger partial charge in [0, 0.05) is 0 Å². The molecule has 0 spiro atoms. The van der Waals surface area contributed by atoms with Crippen LogP contribution in [0, 0.1) is 0 Å². The van der Waals surface area contributed by atoms with Crippen LogP contribution in [-0.2, 0) is 16.1 Å². The Morgan fingerprint density at radius 2 is 2.06 bits per heavy atom. The highest BCUT2D eigenvalue weighted by molar-refractivity contribution is 7.19. The van der Waals surface area contributed by atoms with E-state index in [1.807, 2.05) is 49.2 Å². The molecule has 16 heavy (non-hydrogen) atoms. The number of likely N-dealkylation sites (N-methyl/N-ethyl adjacent to an activating group) is 1. The third-order valence-corrected chi connectivity index (χ3v) is 3.22. The summed E-state index contributed by atoms with van der Waals surface area (Å²) < 4.78 is 5.21. The van der Waals surface area contributed by atoms with Crippen molar-refractivity contribution in [3.8, 4) is 0 Å². The number of hydrogen-bond donors (Lipinski definition) is 0. The first kappa shape index (κ1) is 13.1. The summed E-state index contributed by atoms with van der Waals surface area (Å²) in [6.07, 6.45) is 0. The first-order valence-electron chi connectivity index (χ1n) is 5.31. The van der Waals surface area contributed by atoms with Crippen molar-refractivity contribution in [2.75, 3.05) is 13.6 Å². The summed E-state index contributed by atoms with van der Waals surface area (Å²) in [4.78, 5) is 13.5. The van der Waals surface area contributed by atoms with E-state index in [1.54, 1.807) is 0 Å². The minimum atomic E-state index is -0.270. The molecule has 2 unspecified atom stereocenters. The van der Waals surface area contributed by atoms with Gasteiger partial charge in [0.2, 0.25) is 0 Å². The Hall–Kier alpha value is -0.920. The van der Waals surface area contributed by atoms with Crippen LogP contribution < -0.4 is 0 Å². The molecule has 4 heteroatoms. The van der Waals surface area contributed by atoms with Gasteiger partial charge in [0.1, 0.15) is 12.4 Å². The van der Waals surface area contributed by atoms with Crippen LogP contribution in [-0.4, -0.2) is 30.2 Å². The van der Waals surface area contributed by atoms with E-state index in [2.05, 4.69) is 9.24 Å². The second-order valence-corrected chi connectivity index (χ2v) is 4.24.